The fourth-order valence-electron chi connectivity index (χ4n) is 4.73. The lowest BCUT2D eigenvalue weighted by molar-refractivity contribution is 0.0668. The first kappa shape index (κ1) is 23.2. The number of phenols is 2. The SMILES string of the molecule is CC1=C(c2cccc(O)c2)[C@@H](c2ccc(OCCN3CC(CF)C3)cc2)Oc2cc(F)c(O)cc21. The van der Waals surface area contributed by atoms with Gasteiger partial charge in [0.2, 0.25) is 0 Å². The van der Waals surface area contributed by atoms with Gasteiger partial charge < -0.3 is 19.7 Å². The van der Waals surface area contributed by atoms with Gasteiger partial charge in [-0.2, -0.15) is 0 Å². The van der Waals surface area contributed by atoms with Crippen molar-refractivity contribution in [3.8, 4) is 23.0 Å². The highest BCUT2D eigenvalue weighted by Crippen LogP contribution is 2.48. The summed E-state index contributed by atoms with van der Waals surface area (Å²) in [5, 5.41) is 20.0. The summed E-state index contributed by atoms with van der Waals surface area (Å²) in [6, 6.07) is 17.0. The number of fused-ring (bicyclic) bond motifs is 1. The van der Waals surface area contributed by atoms with Crippen LogP contribution in [0.1, 0.15) is 29.7 Å². The van der Waals surface area contributed by atoms with Gasteiger partial charge in [-0.05, 0) is 54.0 Å². The predicted octanol–water partition coefficient (Wildman–Crippen LogP) is 5.58. The van der Waals surface area contributed by atoms with Crippen molar-refractivity contribution in [3.63, 3.8) is 0 Å². The Morgan fingerprint density at radius 2 is 1.83 bits per heavy atom. The van der Waals surface area contributed by atoms with Crippen molar-refractivity contribution in [2.45, 2.75) is 13.0 Å². The van der Waals surface area contributed by atoms with Gasteiger partial charge in [0.25, 0.3) is 0 Å². The van der Waals surface area contributed by atoms with Crippen LogP contribution in [0, 0.1) is 11.7 Å². The Labute approximate surface area is 202 Å². The van der Waals surface area contributed by atoms with Crippen LogP contribution in [0.3, 0.4) is 0 Å². The Hall–Kier alpha value is -3.58. The van der Waals surface area contributed by atoms with Crippen LogP contribution in [-0.4, -0.2) is 48.0 Å². The molecule has 5 nitrogen and oxygen atoms in total. The number of phenolic OH excluding ortho intramolecular Hbond substituents is 2. The first-order valence-corrected chi connectivity index (χ1v) is 11.6. The van der Waals surface area contributed by atoms with Crippen molar-refractivity contribution in [2.24, 2.45) is 5.92 Å². The van der Waals surface area contributed by atoms with Gasteiger partial charge in [-0.15, -0.1) is 0 Å². The predicted molar refractivity (Wildman–Crippen MR) is 130 cm³/mol. The summed E-state index contributed by atoms with van der Waals surface area (Å²) in [5.41, 5.74) is 3.83. The number of likely N-dealkylation sites (tertiary alicyclic amines) is 1. The van der Waals surface area contributed by atoms with E-state index in [1.807, 2.05) is 37.3 Å². The molecule has 0 aliphatic carbocycles. The minimum Gasteiger partial charge on any atom is -0.508 e. The molecule has 182 valence electrons. The summed E-state index contributed by atoms with van der Waals surface area (Å²) in [4.78, 5) is 2.16. The van der Waals surface area contributed by atoms with Crippen LogP contribution in [0.15, 0.2) is 60.7 Å². The highest BCUT2D eigenvalue weighted by molar-refractivity contribution is 5.95. The third-order valence-corrected chi connectivity index (χ3v) is 6.63. The van der Waals surface area contributed by atoms with Crippen molar-refractivity contribution in [1.29, 1.82) is 0 Å². The summed E-state index contributed by atoms with van der Waals surface area (Å²) < 4.78 is 38.8. The number of alkyl halides is 1. The lowest BCUT2D eigenvalue weighted by Gasteiger charge is -2.37. The van der Waals surface area contributed by atoms with Gasteiger partial charge in [-0.3, -0.25) is 9.29 Å². The fraction of sp³-hybridized carbons (Fsp3) is 0.286. The zero-order chi connectivity index (χ0) is 24.5. The number of allylic oxidation sites excluding steroid dienone is 1. The van der Waals surface area contributed by atoms with E-state index in [4.69, 9.17) is 9.47 Å². The van der Waals surface area contributed by atoms with Crippen LogP contribution in [0.25, 0.3) is 11.1 Å². The van der Waals surface area contributed by atoms with E-state index in [9.17, 15) is 19.0 Å². The number of rotatable bonds is 7. The molecule has 2 aliphatic heterocycles. The number of nitrogens with zero attached hydrogens (tertiary/aromatic N) is 1. The van der Waals surface area contributed by atoms with Gasteiger partial charge in [0.05, 0.1) is 6.67 Å². The number of hydrogen-bond donors (Lipinski definition) is 2. The molecule has 35 heavy (non-hydrogen) atoms. The highest BCUT2D eigenvalue weighted by Gasteiger charge is 2.31. The van der Waals surface area contributed by atoms with Gasteiger partial charge in [0.15, 0.2) is 11.6 Å². The molecule has 0 unspecified atom stereocenters. The maximum Gasteiger partial charge on any atom is 0.168 e. The molecule has 0 aromatic heterocycles. The zero-order valence-electron chi connectivity index (χ0n) is 19.4. The Morgan fingerprint density at radius 3 is 2.54 bits per heavy atom. The van der Waals surface area contributed by atoms with Crippen molar-refractivity contribution in [3.05, 3.63) is 83.2 Å². The summed E-state index contributed by atoms with van der Waals surface area (Å²) in [5.74, 6) is 0.138. The first-order valence-electron chi connectivity index (χ1n) is 11.6. The van der Waals surface area contributed by atoms with Crippen molar-refractivity contribution in [2.75, 3.05) is 32.9 Å². The average Bonchev–Trinajstić information content (AvgIpc) is 2.82. The van der Waals surface area contributed by atoms with E-state index in [1.165, 1.54) is 12.1 Å². The number of benzene rings is 3. The highest BCUT2D eigenvalue weighted by atomic mass is 19.1. The van der Waals surface area contributed by atoms with E-state index in [0.29, 0.717) is 23.7 Å². The quantitative estimate of drug-likeness (QED) is 0.463. The molecule has 0 radical (unpaired) electrons. The largest absolute Gasteiger partial charge is 0.508 e. The van der Waals surface area contributed by atoms with E-state index in [-0.39, 0.29) is 18.3 Å². The molecule has 0 saturated carbocycles. The van der Waals surface area contributed by atoms with Crippen LogP contribution in [0.5, 0.6) is 23.0 Å². The number of hydrogen-bond acceptors (Lipinski definition) is 5. The van der Waals surface area contributed by atoms with E-state index >= 15 is 0 Å². The lowest BCUT2D eigenvalue weighted by Crippen LogP contribution is -2.49. The molecule has 1 saturated heterocycles. The molecule has 2 N–H and O–H groups in total. The fourth-order valence-corrected chi connectivity index (χ4v) is 4.73. The Kier molecular flexibility index (Phi) is 6.34. The number of aromatic hydroxyl groups is 2. The van der Waals surface area contributed by atoms with Crippen LogP contribution >= 0.6 is 0 Å². The van der Waals surface area contributed by atoms with Gasteiger partial charge in [-0.25, -0.2) is 4.39 Å². The van der Waals surface area contributed by atoms with Crippen molar-refractivity contribution < 1.29 is 28.5 Å². The van der Waals surface area contributed by atoms with E-state index in [0.717, 1.165) is 41.9 Å². The summed E-state index contributed by atoms with van der Waals surface area (Å²) in [6.07, 6.45) is -0.555. The molecule has 2 aliphatic rings. The molecular formula is C28H27F2NO4. The van der Waals surface area contributed by atoms with Gasteiger partial charge in [-0.1, -0.05) is 24.3 Å². The minimum absolute atomic E-state index is 0.123. The molecule has 1 fully saturated rings. The van der Waals surface area contributed by atoms with E-state index in [1.54, 1.807) is 18.2 Å². The first-order chi connectivity index (χ1) is 16.9. The van der Waals surface area contributed by atoms with E-state index in [2.05, 4.69) is 4.90 Å². The van der Waals surface area contributed by atoms with Gasteiger partial charge >= 0.3 is 0 Å². The van der Waals surface area contributed by atoms with Crippen LogP contribution in [-0.2, 0) is 0 Å². The Bertz CT molecular complexity index is 1250. The van der Waals surface area contributed by atoms with Crippen molar-refractivity contribution >= 4 is 11.1 Å². The second-order valence-corrected chi connectivity index (χ2v) is 9.08. The third kappa shape index (κ3) is 4.68. The van der Waals surface area contributed by atoms with Crippen LogP contribution in [0.2, 0.25) is 0 Å². The van der Waals surface area contributed by atoms with E-state index < -0.39 is 17.7 Å². The normalized spacial score (nSPS) is 18.1. The molecule has 2 heterocycles. The maximum atomic E-state index is 14.1. The van der Waals surface area contributed by atoms with Gasteiger partial charge in [0.1, 0.15) is 30.0 Å². The maximum absolute atomic E-state index is 14.1. The molecule has 0 spiro atoms. The average molecular weight is 480 g/mol. The minimum atomic E-state index is -0.750. The lowest BCUT2D eigenvalue weighted by atomic mass is 9.86. The molecule has 0 amide bonds. The second-order valence-electron chi connectivity index (χ2n) is 9.08. The topological polar surface area (TPSA) is 62.2 Å². The second kappa shape index (κ2) is 9.58. The Morgan fingerprint density at radius 1 is 1.06 bits per heavy atom. The van der Waals surface area contributed by atoms with Crippen LogP contribution in [0.4, 0.5) is 8.78 Å². The summed E-state index contributed by atoms with van der Waals surface area (Å²) in [6.45, 7) is 4.46. The third-order valence-electron chi connectivity index (χ3n) is 6.63. The monoisotopic (exact) mass is 479 g/mol. The zero-order valence-corrected chi connectivity index (χ0v) is 19.4. The van der Waals surface area contributed by atoms with Gasteiger partial charge in [0, 0.05) is 42.8 Å². The molecular weight excluding hydrogens is 452 g/mol. The molecule has 0 bridgehead atoms. The number of ether oxygens (including phenoxy) is 2. The summed E-state index contributed by atoms with van der Waals surface area (Å²) in [7, 11) is 0. The van der Waals surface area contributed by atoms with Crippen LogP contribution < -0.4 is 9.47 Å². The summed E-state index contributed by atoms with van der Waals surface area (Å²) >= 11 is 0. The number of halogens is 2. The smallest absolute Gasteiger partial charge is 0.168 e. The molecule has 3 aromatic rings. The Balaban J connectivity index is 1.40. The molecule has 3 aromatic carbocycles. The van der Waals surface area contributed by atoms with Crippen molar-refractivity contribution in [1.82, 2.24) is 4.90 Å². The molecule has 7 heteroatoms. The molecule has 1 atom stereocenters. The standard InChI is InChI=1S/C28H27F2NO4/c1-17-23-12-25(33)24(30)13-26(23)35-28(27(17)20-3-2-4-21(32)11-20)19-5-7-22(8-6-19)34-10-9-31-15-18(14-29)16-31/h2-8,11-13,18,28,32-33H,9-10,14-16H2,1H3/t28-/m1/s1. The molecule has 5 rings (SSSR count).